The second-order valence-corrected chi connectivity index (χ2v) is 5.77. The molecule has 0 saturated carbocycles. The van der Waals surface area contributed by atoms with Crippen molar-refractivity contribution in [3.05, 3.63) is 42.4 Å². The standard InChI is InChI=1S/C20H30N3O2/c1-5-9-13-24-19-16-18(23(11-7-3)12-8-4)20(15-17(19)22-21)25-14-10-6-2/h7-8,15-16H,3-6,9-14H2,1-2H3/q+1. The SMILES string of the molecule is C=CCN(CC=C)c1cc(OCCCC)c([N+]#N)cc1OCCCC. The average Bonchev–Trinajstić information content (AvgIpc) is 2.62. The van der Waals surface area contributed by atoms with Crippen LogP contribution in [0, 0.1) is 5.39 Å². The van der Waals surface area contributed by atoms with Gasteiger partial charge in [-0.3, -0.25) is 0 Å². The summed E-state index contributed by atoms with van der Waals surface area (Å²) in [6.07, 6.45) is 7.66. The number of anilines is 1. The fourth-order valence-corrected chi connectivity index (χ4v) is 2.33. The summed E-state index contributed by atoms with van der Waals surface area (Å²) in [6.45, 7) is 14.4. The Morgan fingerprint density at radius 3 is 2.04 bits per heavy atom. The first-order valence-corrected chi connectivity index (χ1v) is 8.97. The maximum Gasteiger partial charge on any atom is 0.430 e. The van der Waals surface area contributed by atoms with Crippen LogP contribution in [0.15, 0.2) is 37.4 Å². The summed E-state index contributed by atoms with van der Waals surface area (Å²) < 4.78 is 11.7. The molecule has 25 heavy (non-hydrogen) atoms. The number of benzene rings is 1. The van der Waals surface area contributed by atoms with E-state index in [1.165, 1.54) is 0 Å². The zero-order valence-electron chi connectivity index (χ0n) is 15.5. The van der Waals surface area contributed by atoms with Crippen LogP contribution in [-0.4, -0.2) is 26.3 Å². The molecule has 0 spiro atoms. The number of hydrogen-bond acceptors (Lipinski definition) is 4. The fourth-order valence-electron chi connectivity index (χ4n) is 2.33. The Morgan fingerprint density at radius 1 is 1.00 bits per heavy atom. The van der Waals surface area contributed by atoms with Crippen LogP contribution in [-0.2, 0) is 0 Å². The molecule has 0 N–H and O–H groups in total. The summed E-state index contributed by atoms with van der Waals surface area (Å²) in [7, 11) is 0. The summed E-state index contributed by atoms with van der Waals surface area (Å²) in [5.41, 5.74) is 1.26. The highest BCUT2D eigenvalue weighted by molar-refractivity contribution is 5.72. The largest absolute Gasteiger partial charge is 0.491 e. The van der Waals surface area contributed by atoms with Crippen LogP contribution < -0.4 is 14.4 Å². The first-order chi connectivity index (χ1) is 12.2. The van der Waals surface area contributed by atoms with Gasteiger partial charge in [-0.1, -0.05) is 38.8 Å². The first kappa shape index (κ1) is 20.6. The van der Waals surface area contributed by atoms with Gasteiger partial charge in [0.15, 0.2) is 10.7 Å². The van der Waals surface area contributed by atoms with E-state index >= 15 is 0 Å². The Hall–Kier alpha value is -2.48. The Labute approximate surface area is 151 Å². The highest BCUT2D eigenvalue weighted by Gasteiger charge is 2.23. The summed E-state index contributed by atoms with van der Waals surface area (Å²) in [5.74, 6) is 1.22. The van der Waals surface area contributed by atoms with Crippen molar-refractivity contribution in [2.45, 2.75) is 39.5 Å². The second kappa shape index (κ2) is 12.0. The molecule has 0 heterocycles. The van der Waals surface area contributed by atoms with E-state index in [1.807, 2.05) is 18.2 Å². The van der Waals surface area contributed by atoms with Crippen LogP contribution in [0.25, 0.3) is 4.98 Å². The van der Waals surface area contributed by atoms with Gasteiger partial charge in [-0.2, -0.15) is 0 Å². The number of nitrogens with zero attached hydrogens (tertiary/aromatic N) is 3. The minimum atomic E-state index is 0.378. The van der Waals surface area contributed by atoms with Crippen LogP contribution in [0.2, 0.25) is 0 Å². The van der Waals surface area contributed by atoms with Gasteiger partial charge in [0, 0.05) is 19.2 Å². The molecule has 5 heteroatoms. The van der Waals surface area contributed by atoms with Crippen molar-refractivity contribution in [1.82, 2.24) is 0 Å². The highest BCUT2D eigenvalue weighted by Crippen LogP contribution is 2.40. The van der Waals surface area contributed by atoms with Crippen LogP contribution in [0.1, 0.15) is 39.5 Å². The summed E-state index contributed by atoms with van der Waals surface area (Å²) in [4.78, 5) is 5.46. The van der Waals surface area contributed by atoms with Gasteiger partial charge in [0.25, 0.3) is 0 Å². The van der Waals surface area contributed by atoms with Crippen molar-refractivity contribution >= 4 is 11.4 Å². The van der Waals surface area contributed by atoms with E-state index in [2.05, 4.69) is 36.9 Å². The fraction of sp³-hybridized carbons (Fsp3) is 0.500. The minimum absolute atomic E-state index is 0.378. The van der Waals surface area contributed by atoms with Crippen molar-refractivity contribution in [1.29, 1.82) is 5.39 Å². The minimum Gasteiger partial charge on any atom is -0.491 e. The van der Waals surface area contributed by atoms with Crippen LogP contribution in [0.4, 0.5) is 11.4 Å². The lowest BCUT2D eigenvalue weighted by atomic mass is 10.2. The number of rotatable bonds is 13. The summed E-state index contributed by atoms with van der Waals surface area (Å²) in [6, 6.07) is 3.60. The second-order valence-electron chi connectivity index (χ2n) is 5.77. The molecule has 0 fully saturated rings. The molecule has 0 bridgehead atoms. The topological polar surface area (TPSA) is 49.9 Å². The van der Waals surface area contributed by atoms with Gasteiger partial charge in [-0.25, -0.2) is 0 Å². The third-order valence-electron chi connectivity index (χ3n) is 3.70. The number of hydrogen-bond donors (Lipinski definition) is 0. The molecule has 0 aliphatic heterocycles. The Kier molecular flexibility index (Phi) is 9.84. The summed E-state index contributed by atoms with van der Waals surface area (Å²) in [5, 5.41) is 9.35. The average molecular weight is 344 g/mol. The van der Waals surface area contributed by atoms with E-state index in [9.17, 15) is 5.39 Å². The molecule has 1 rings (SSSR count). The van der Waals surface area contributed by atoms with E-state index in [-0.39, 0.29) is 0 Å². The van der Waals surface area contributed by atoms with Gasteiger partial charge >= 0.3 is 5.69 Å². The smallest absolute Gasteiger partial charge is 0.430 e. The molecule has 0 aliphatic carbocycles. The van der Waals surface area contributed by atoms with E-state index < -0.39 is 0 Å². The number of diazo groups is 1. The quantitative estimate of drug-likeness (QED) is 0.261. The van der Waals surface area contributed by atoms with Gasteiger partial charge in [-0.05, 0) is 12.8 Å². The van der Waals surface area contributed by atoms with Crippen molar-refractivity contribution in [3.63, 3.8) is 0 Å². The molecular weight excluding hydrogens is 314 g/mol. The molecule has 136 valence electrons. The molecule has 0 radical (unpaired) electrons. The molecule has 5 nitrogen and oxygen atoms in total. The van der Waals surface area contributed by atoms with Crippen LogP contribution in [0.3, 0.4) is 0 Å². The molecule has 0 amide bonds. The van der Waals surface area contributed by atoms with Crippen molar-refractivity contribution in [2.75, 3.05) is 31.2 Å². The van der Waals surface area contributed by atoms with Crippen LogP contribution in [0.5, 0.6) is 11.5 Å². The number of unbranched alkanes of at least 4 members (excludes halogenated alkanes) is 2. The van der Waals surface area contributed by atoms with E-state index in [1.54, 1.807) is 6.07 Å². The molecule has 1 aromatic carbocycles. The van der Waals surface area contributed by atoms with Gasteiger partial charge in [0.1, 0.15) is 0 Å². The maximum atomic E-state index is 9.35. The molecule has 0 atom stereocenters. The monoisotopic (exact) mass is 344 g/mol. The third-order valence-corrected chi connectivity index (χ3v) is 3.70. The zero-order valence-corrected chi connectivity index (χ0v) is 15.5. The predicted octanol–water partition coefficient (Wildman–Crippen LogP) is 5.71. The van der Waals surface area contributed by atoms with Gasteiger partial charge in [0.2, 0.25) is 11.1 Å². The molecule has 1 aromatic rings. The predicted molar refractivity (Wildman–Crippen MR) is 105 cm³/mol. The highest BCUT2D eigenvalue weighted by atomic mass is 16.5. The molecule has 0 aliphatic rings. The Balaban J connectivity index is 3.23. The van der Waals surface area contributed by atoms with Crippen LogP contribution >= 0.6 is 0 Å². The Morgan fingerprint density at radius 2 is 1.56 bits per heavy atom. The number of ether oxygens (including phenoxy) is 2. The lowest BCUT2D eigenvalue weighted by molar-refractivity contribution is 0.303. The van der Waals surface area contributed by atoms with Gasteiger partial charge in [0.05, 0.1) is 25.0 Å². The lowest BCUT2D eigenvalue weighted by Gasteiger charge is -2.24. The molecule has 0 aromatic heterocycles. The zero-order chi connectivity index (χ0) is 18.5. The summed E-state index contributed by atoms with van der Waals surface area (Å²) >= 11 is 0. The van der Waals surface area contributed by atoms with Crippen molar-refractivity contribution in [2.24, 2.45) is 0 Å². The van der Waals surface area contributed by atoms with Crippen molar-refractivity contribution < 1.29 is 9.47 Å². The van der Waals surface area contributed by atoms with E-state index in [0.717, 1.165) is 31.4 Å². The normalized spacial score (nSPS) is 9.96. The Bertz CT molecular complexity index is 583. The van der Waals surface area contributed by atoms with Crippen molar-refractivity contribution in [3.8, 4) is 11.5 Å². The lowest BCUT2D eigenvalue weighted by Crippen LogP contribution is -2.24. The third kappa shape index (κ3) is 6.50. The first-order valence-electron chi connectivity index (χ1n) is 8.97. The molecular formula is C20H30N3O2+. The van der Waals surface area contributed by atoms with Gasteiger partial charge in [-0.15, -0.1) is 13.2 Å². The maximum absolute atomic E-state index is 9.35. The van der Waals surface area contributed by atoms with E-state index in [4.69, 9.17) is 9.47 Å². The molecule has 0 unspecified atom stereocenters. The van der Waals surface area contributed by atoms with Gasteiger partial charge < -0.3 is 14.4 Å². The molecule has 0 saturated heterocycles. The van der Waals surface area contributed by atoms with E-state index in [0.29, 0.717) is 43.5 Å².